The van der Waals surface area contributed by atoms with Gasteiger partial charge in [0.25, 0.3) is 0 Å². The molecule has 27 heavy (non-hydrogen) atoms. The number of methoxy groups -OCH3 is 1. The molecule has 0 aliphatic rings. The quantitative estimate of drug-likeness (QED) is 0.322. The molecule has 0 aliphatic carbocycles. The molecule has 0 radical (unpaired) electrons. The van der Waals surface area contributed by atoms with Crippen LogP contribution in [0.5, 0.6) is 5.75 Å². The van der Waals surface area contributed by atoms with Crippen molar-refractivity contribution in [3.63, 3.8) is 0 Å². The maximum absolute atomic E-state index is 11.1. The number of rotatable bonds is 7. The molecule has 0 atom stereocenters. The van der Waals surface area contributed by atoms with E-state index in [0.717, 1.165) is 35.8 Å². The Hall–Kier alpha value is -2.29. The van der Waals surface area contributed by atoms with Gasteiger partial charge in [-0.15, -0.1) is 24.0 Å². The highest BCUT2D eigenvalue weighted by Crippen LogP contribution is 2.19. The third-order valence-electron chi connectivity index (χ3n) is 4.04. The van der Waals surface area contributed by atoms with Crippen LogP contribution in [-0.2, 0) is 13.0 Å². The van der Waals surface area contributed by atoms with Gasteiger partial charge in [-0.25, -0.2) is 0 Å². The Morgan fingerprint density at radius 1 is 1.15 bits per heavy atom. The molecule has 2 aromatic rings. The first-order chi connectivity index (χ1) is 12.5. The summed E-state index contributed by atoms with van der Waals surface area (Å²) in [4.78, 5) is 15.3. The van der Waals surface area contributed by atoms with E-state index in [1.165, 1.54) is 5.56 Å². The predicted molar refractivity (Wildman–Crippen MR) is 120 cm³/mol. The van der Waals surface area contributed by atoms with Crippen LogP contribution in [0.15, 0.2) is 47.5 Å². The van der Waals surface area contributed by atoms with Crippen molar-refractivity contribution in [1.29, 1.82) is 0 Å². The highest BCUT2D eigenvalue weighted by Gasteiger charge is 2.05. The zero-order chi connectivity index (χ0) is 18.9. The monoisotopic (exact) mass is 482 g/mol. The van der Waals surface area contributed by atoms with E-state index in [1.54, 1.807) is 26.3 Å². The number of nitrogens with zero attached hydrogens (tertiary/aromatic N) is 1. The van der Waals surface area contributed by atoms with Gasteiger partial charge in [-0.2, -0.15) is 0 Å². The van der Waals surface area contributed by atoms with Crippen LogP contribution in [0.2, 0.25) is 0 Å². The molecular formula is C20H27IN4O2. The van der Waals surface area contributed by atoms with Crippen LogP contribution in [-0.4, -0.2) is 32.6 Å². The first-order valence-corrected chi connectivity index (χ1v) is 8.50. The lowest BCUT2D eigenvalue weighted by molar-refractivity contribution is 0.100. The molecule has 1 amide bonds. The van der Waals surface area contributed by atoms with E-state index >= 15 is 0 Å². The van der Waals surface area contributed by atoms with Gasteiger partial charge >= 0.3 is 0 Å². The number of halogens is 1. The van der Waals surface area contributed by atoms with E-state index in [0.29, 0.717) is 12.1 Å². The van der Waals surface area contributed by atoms with Gasteiger partial charge in [0.05, 0.1) is 7.11 Å². The standard InChI is InChI=1S/C20H26N4O2.HI/c1-14-4-9-18(26-3)17(12-14)10-11-23-20(22-2)24-13-15-5-7-16(8-6-15)19(21)25;/h4-9,12H,10-11,13H2,1-3H3,(H2,21,25)(H2,22,23,24);1H. The van der Waals surface area contributed by atoms with Gasteiger partial charge < -0.3 is 21.1 Å². The summed E-state index contributed by atoms with van der Waals surface area (Å²) in [5.74, 6) is 1.19. The van der Waals surface area contributed by atoms with E-state index in [2.05, 4.69) is 28.6 Å². The number of nitrogens with two attached hydrogens (primary N) is 1. The Kier molecular flexibility index (Phi) is 9.63. The number of aliphatic imine (C=N–C) groups is 1. The molecule has 2 aromatic carbocycles. The van der Waals surface area contributed by atoms with Crippen molar-refractivity contribution in [1.82, 2.24) is 10.6 Å². The second-order valence-corrected chi connectivity index (χ2v) is 5.98. The summed E-state index contributed by atoms with van der Waals surface area (Å²) in [5, 5.41) is 6.55. The first-order valence-electron chi connectivity index (χ1n) is 8.50. The summed E-state index contributed by atoms with van der Waals surface area (Å²) >= 11 is 0. The van der Waals surface area contributed by atoms with Crippen LogP contribution in [0.1, 0.15) is 27.0 Å². The molecule has 0 aliphatic heterocycles. The molecule has 0 heterocycles. The van der Waals surface area contributed by atoms with Gasteiger partial charge in [0.1, 0.15) is 5.75 Å². The molecule has 2 rings (SSSR count). The predicted octanol–water partition coefficient (Wildman–Crippen LogP) is 2.63. The van der Waals surface area contributed by atoms with Crippen molar-refractivity contribution in [3.8, 4) is 5.75 Å². The van der Waals surface area contributed by atoms with Gasteiger partial charge in [-0.05, 0) is 42.7 Å². The van der Waals surface area contributed by atoms with Crippen LogP contribution in [0.4, 0.5) is 0 Å². The number of carbonyl (C=O) groups excluding carboxylic acids is 1. The van der Waals surface area contributed by atoms with Crippen LogP contribution in [0, 0.1) is 6.92 Å². The fourth-order valence-electron chi connectivity index (χ4n) is 2.61. The lowest BCUT2D eigenvalue weighted by Crippen LogP contribution is -2.37. The van der Waals surface area contributed by atoms with Crippen molar-refractivity contribution in [2.24, 2.45) is 10.7 Å². The van der Waals surface area contributed by atoms with Gasteiger partial charge in [0.2, 0.25) is 5.91 Å². The maximum Gasteiger partial charge on any atom is 0.248 e. The zero-order valence-electron chi connectivity index (χ0n) is 15.9. The van der Waals surface area contributed by atoms with Crippen molar-refractivity contribution >= 4 is 35.8 Å². The van der Waals surface area contributed by atoms with Crippen molar-refractivity contribution in [2.75, 3.05) is 20.7 Å². The number of guanidine groups is 1. The first kappa shape index (κ1) is 22.8. The normalized spacial score (nSPS) is 10.7. The molecule has 0 spiro atoms. The molecule has 7 heteroatoms. The number of benzene rings is 2. The smallest absolute Gasteiger partial charge is 0.248 e. The number of amides is 1. The van der Waals surface area contributed by atoms with E-state index in [9.17, 15) is 4.79 Å². The lowest BCUT2D eigenvalue weighted by atomic mass is 10.1. The minimum Gasteiger partial charge on any atom is -0.496 e. The Labute approximate surface area is 177 Å². The minimum absolute atomic E-state index is 0. The van der Waals surface area contributed by atoms with E-state index < -0.39 is 5.91 Å². The number of aryl methyl sites for hydroxylation is 1. The summed E-state index contributed by atoms with van der Waals surface area (Å²) in [6.45, 7) is 3.41. The summed E-state index contributed by atoms with van der Waals surface area (Å²) in [5.41, 5.74) is 9.17. The van der Waals surface area contributed by atoms with Gasteiger partial charge in [0, 0.05) is 25.7 Å². The highest BCUT2D eigenvalue weighted by atomic mass is 127. The number of hydrogen-bond acceptors (Lipinski definition) is 3. The summed E-state index contributed by atoms with van der Waals surface area (Å²) in [7, 11) is 3.42. The molecule has 4 N–H and O–H groups in total. The zero-order valence-corrected chi connectivity index (χ0v) is 18.2. The minimum atomic E-state index is -0.423. The Morgan fingerprint density at radius 2 is 1.85 bits per heavy atom. The van der Waals surface area contributed by atoms with Crippen LogP contribution in [0.3, 0.4) is 0 Å². The summed E-state index contributed by atoms with van der Waals surface area (Å²) in [6, 6.07) is 13.4. The van der Waals surface area contributed by atoms with E-state index in [-0.39, 0.29) is 24.0 Å². The van der Waals surface area contributed by atoms with Crippen LogP contribution in [0.25, 0.3) is 0 Å². The van der Waals surface area contributed by atoms with E-state index in [1.807, 2.05) is 24.3 Å². The Balaban J connectivity index is 0.00000364. The van der Waals surface area contributed by atoms with E-state index in [4.69, 9.17) is 10.5 Å². The second kappa shape index (κ2) is 11.4. The molecule has 0 unspecified atom stereocenters. The third kappa shape index (κ3) is 7.09. The van der Waals surface area contributed by atoms with Crippen molar-refractivity contribution < 1.29 is 9.53 Å². The highest BCUT2D eigenvalue weighted by molar-refractivity contribution is 14.0. The number of primary amides is 1. The van der Waals surface area contributed by atoms with Crippen LogP contribution < -0.4 is 21.1 Å². The molecule has 0 fully saturated rings. The summed E-state index contributed by atoms with van der Waals surface area (Å²) in [6.07, 6.45) is 0.832. The summed E-state index contributed by atoms with van der Waals surface area (Å²) < 4.78 is 5.41. The maximum atomic E-state index is 11.1. The van der Waals surface area contributed by atoms with Crippen LogP contribution >= 0.6 is 24.0 Å². The third-order valence-corrected chi connectivity index (χ3v) is 4.04. The molecule has 0 aromatic heterocycles. The van der Waals surface area contributed by atoms with Crippen molar-refractivity contribution in [3.05, 3.63) is 64.7 Å². The van der Waals surface area contributed by atoms with Gasteiger partial charge in [-0.1, -0.05) is 29.8 Å². The molecule has 6 nitrogen and oxygen atoms in total. The molecular weight excluding hydrogens is 455 g/mol. The number of carbonyl (C=O) groups is 1. The fourth-order valence-corrected chi connectivity index (χ4v) is 2.61. The van der Waals surface area contributed by atoms with Gasteiger partial charge in [0.15, 0.2) is 5.96 Å². The number of nitrogens with one attached hydrogen (secondary N) is 2. The fraction of sp³-hybridized carbons (Fsp3) is 0.300. The second-order valence-electron chi connectivity index (χ2n) is 5.98. The largest absolute Gasteiger partial charge is 0.496 e. The molecule has 0 bridgehead atoms. The van der Waals surface area contributed by atoms with Crippen molar-refractivity contribution in [2.45, 2.75) is 19.9 Å². The number of hydrogen-bond donors (Lipinski definition) is 3. The Bertz CT molecular complexity index is 776. The molecule has 0 saturated heterocycles. The Morgan fingerprint density at radius 3 is 2.44 bits per heavy atom. The SMILES string of the molecule is CN=C(NCCc1cc(C)ccc1OC)NCc1ccc(C(N)=O)cc1.I. The lowest BCUT2D eigenvalue weighted by Gasteiger charge is -2.14. The topological polar surface area (TPSA) is 88.7 Å². The average Bonchev–Trinajstić information content (AvgIpc) is 2.65. The van der Waals surface area contributed by atoms with Gasteiger partial charge in [-0.3, -0.25) is 9.79 Å². The molecule has 146 valence electrons. The molecule has 0 saturated carbocycles. The average molecular weight is 482 g/mol. The number of ether oxygens (including phenoxy) is 1.